The van der Waals surface area contributed by atoms with E-state index in [1.807, 2.05) is 31.4 Å². The van der Waals surface area contributed by atoms with Gasteiger partial charge in [-0.2, -0.15) is 0 Å². The number of carbonyl (C=O) groups is 3. The maximum absolute atomic E-state index is 12.6. The third kappa shape index (κ3) is 4.86. The fourth-order valence-corrected chi connectivity index (χ4v) is 4.75. The lowest BCUT2D eigenvalue weighted by Gasteiger charge is -2.25. The molecule has 1 unspecified atom stereocenters. The van der Waals surface area contributed by atoms with Gasteiger partial charge in [-0.05, 0) is 43.0 Å². The van der Waals surface area contributed by atoms with E-state index in [1.54, 1.807) is 22.3 Å². The Labute approximate surface area is 177 Å². The summed E-state index contributed by atoms with van der Waals surface area (Å²) in [5, 5.41) is 4.51. The molecule has 152 valence electrons. The number of pyridine rings is 1. The van der Waals surface area contributed by atoms with Gasteiger partial charge < -0.3 is 15.0 Å². The number of nitrogens with zero attached hydrogens (tertiary/aromatic N) is 2. The minimum absolute atomic E-state index is 0.00822. The fourth-order valence-electron chi connectivity index (χ4n) is 2.89. The van der Waals surface area contributed by atoms with Crippen LogP contribution in [-0.4, -0.2) is 45.9 Å². The number of rotatable bonds is 7. The van der Waals surface area contributed by atoms with E-state index in [2.05, 4.69) is 15.0 Å². The number of amides is 2. The number of carbonyl (C=O) groups excluding carboxylic acids is 3. The second-order valence-corrected chi connectivity index (χ2v) is 8.56. The molecule has 3 heterocycles. The van der Waals surface area contributed by atoms with E-state index in [1.165, 1.54) is 31.1 Å². The van der Waals surface area contributed by atoms with E-state index in [0.717, 1.165) is 16.0 Å². The minimum Gasteiger partial charge on any atom is -0.465 e. The van der Waals surface area contributed by atoms with Crippen LogP contribution in [0.1, 0.15) is 29.1 Å². The molecular weight excluding hydrogens is 410 g/mol. The first kappa shape index (κ1) is 21.1. The lowest BCUT2D eigenvalue weighted by Crippen LogP contribution is -2.33. The maximum Gasteiger partial charge on any atom is 0.339 e. The summed E-state index contributed by atoms with van der Waals surface area (Å²) in [6, 6.07) is 7.04. The Kier molecular flexibility index (Phi) is 6.71. The zero-order chi connectivity index (χ0) is 21.0. The number of esters is 1. The molecule has 1 aliphatic heterocycles. The molecule has 7 nitrogen and oxygen atoms in total. The van der Waals surface area contributed by atoms with Crippen LogP contribution in [0.15, 0.2) is 47.0 Å². The number of anilines is 1. The van der Waals surface area contributed by atoms with Crippen molar-refractivity contribution in [1.82, 2.24) is 9.88 Å². The second kappa shape index (κ2) is 9.23. The molecule has 2 amide bonds. The standard InChI is InChI=1S/C20H21N3O4S2/c1-12-13(2)19(23(18(12)25)10-15-5-4-8-28-15)29-11-17(24)22-16-7-6-14(9-21-16)20(26)27-3/h4-9,19H,10-11H2,1-3H3,(H,21,22,24). The van der Waals surface area contributed by atoms with Crippen LogP contribution in [0.5, 0.6) is 0 Å². The first-order valence-electron chi connectivity index (χ1n) is 8.87. The normalized spacial score (nSPS) is 16.3. The van der Waals surface area contributed by atoms with Crippen LogP contribution in [0.25, 0.3) is 0 Å². The Bertz CT molecular complexity index is 939. The average Bonchev–Trinajstić information content (AvgIpc) is 3.30. The van der Waals surface area contributed by atoms with Gasteiger partial charge in [-0.15, -0.1) is 23.1 Å². The van der Waals surface area contributed by atoms with Gasteiger partial charge in [-0.3, -0.25) is 9.59 Å². The molecule has 0 aromatic carbocycles. The van der Waals surface area contributed by atoms with Gasteiger partial charge in [0.25, 0.3) is 5.91 Å². The molecule has 9 heteroatoms. The molecule has 0 saturated carbocycles. The summed E-state index contributed by atoms with van der Waals surface area (Å²) < 4.78 is 4.62. The van der Waals surface area contributed by atoms with Gasteiger partial charge in [0, 0.05) is 16.6 Å². The van der Waals surface area contributed by atoms with Crippen molar-refractivity contribution < 1.29 is 19.1 Å². The zero-order valence-electron chi connectivity index (χ0n) is 16.3. The highest BCUT2D eigenvalue weighted by molar-refractivity contribution is 8.00. The summed E-state index contributed by atoms with van der Waals surface area (Å²) >= 11 is 3.01. The van der Waals surface area contributed by atoms with E-state index in [9.17, 15) is 14.4 Å². The fraction of sp³-hybridized carbons (Fsp3) is 0.300. The van der Waals surface area contributed by atoms with Crippen molar-refractivity contribution in [2.75, 3.05) is 18.2 Å². The number of thiophene rings is 1. The van der Waals surface area contributed by atoms with Gasteiger partial charge in [-0.25, -0.2) is 9.78 Å². The first-order chi connectivity index (χ1) is 13.9. The number of hydrogen-bond acceptors (Lipinski definition) is 7. The van der Waals surface area contributed by atoms with Gasteiger partial charge in [0.15, 0.2) is 0 Å². The predicted octanol–water partition coefficient (Wildman–Crippen LogP) is 3.31. The lowest BCUT2D eigenvalue weighted by atomic mass is 10.2. The quantitative estimate of drug-likeness (QED) is 0.677. The minimum atomic E-state index is -0.486. The Morgan fingerprint density at radius 2 is 2.10 bits per heavy atom. The molecule has 0 saturated heterocycles. The van der Waals surface area contributed by atoms with Gasteiger partial charge >= 0.3 is 5.97 Å². The summed E-state index contributed by atoms with van der Waals surface area (Å²) in [5.74, 6) is -0.183. The van der Waals surface area contributed by atoms with E-state index >= 15 is 0 Å². The molecule has 0 radical (unpaired) electrons. The summed E-state index contributed by atoms with van der Waals surface area (Å²) in [4.78, 5) is 43.4. The summed E-state index contributed by atoms with van der Waals surface area (Å²) in [6.07, 6.45) is 1.35. The third-order valence-electron chi connectivity index (χ3n) is 4.56. The summed E-state index contributed by atoms with van der Waals surface area (Å²) in [6.45, 7) is 4.29. The van der Waals surface area contributed by atoms with Crippen molar-refractivity contribution >= 4 is 46.7 Å². The van der Waals surface area contributed by atoms with Crippen LogP contribution in [-0.2, 0) is 20.9 Å². The first-order valence-corrected chi connectivity index (χ1v) is 10.8. The summed E-state index contributed by atoms with van der Waals surface area (Å²) in [5.41, 5.74) is 2.02. The van der Waals surface area contributed by atoms with Gasteiger partial charge in [0.2, 0.25) is 5.91 Å². The van der Waals surface area contributed by atoms with Crippen LogP contribution < -0.4 is 5.32 Å². The number of thioether (sulfide) groups is 1. The monoisotopic (exact) mass is 431 g/mol. The highest BCUT2D eigenvalue weighted by Gasteiger charge is 2.35. The Morgan fingerprint density at radius 3 is 2.72 bits per heavy atom. The van der Waals surface area contributed by atoms with Crippen LogP contribution in [0.3, 0.4) is 0 Å². The molecule has 0 aliphatic carbocycles. The highest BCUT2D eigenvalue weighted by atomic mass is 32.2. The van der Waals surface area contributed by atoms with Crippen LogP contribution in [0.2, 0.25) is 0 Å². The average molecular weight is 432 g/mol. The number of hydrogen-bond donors (Lipinski definition) is 1. The molecule has 3 rings (SSSR count). The third-order valence-corrected chi connectivity index (χ3v) is 6.77. The van der Waals surface area contributed by atoms with Crippen molar-refractivity contribution in [2.45, 2.75) is 25.8 Å². The topological polar surface area (TPSA) is 88.6 Å². The number of methoxy groups -OCH3 is 1. The van der Waals surface area contributed by atoms with E-state index in [0.29, 0.717) is 17.9 Å². The molecule has 0 fully saturated rings. The van der Waals surface area contributed by atoms with Gasteiger partial charge in [0.05, 0.1) is 25.0 Å². The number of ether oxygens (including phenoxy) is 1. The van der Waals surface area contributed by atoms with Crippen molar-refractivity contribution in [3.05, 3.63) is 57.4 Å². The molecule has 29 heavy (non-hydrogen) atoms. The smallest absolute Gasteiger partial charge is 0.339 e. The molecule has 1 N–H and O–H groups in total. The van der Waals surface area contributed by atoms with Crippen LogP contribution in [0.4, 0.5) is 5.82 Å². The Hall–Kier alpha value is -2.65. The summed E-state index contributed by atoms with van der Waals surface area (Å²) in [7, 11) is 1.29. The molecule has 1 aliphatic rings. The van der Waals surface area contributed by atoms with E-state index in [-0.39, 0.29) is 22.9 Å². The second-order valence-electron chi connectivity index (χ2n) is 6.46. The highest BCUT2D eigenvalue weighted by Crippen LogP contribution is 2.34. The molecule has 0 bridgehead atoms. The largest absolute Gasteiger partial charge is 0.465 e. The van der Waals surface area contributed by atoms with Crippen LogP contribution in [0, 0.1) is 0 Å². The molecule has 2 aromatic heterocycles. The molecule has 1 atom stereocenters. The number of nitrogens with one attached hydrogen (secondary N) is 1. The Balaban J connectivity index is 1.60. The Morgan fingerprint density at radius 1 is 1.31 bits per heavy atom. The molecular formula is C20H21N3O4S2. The van der Waals surface area contributed by atoms with Gasteiger partial charge in [0.1, 0.15) is 11.2 Å². The van der Waals surface area contributed by atoms with Gasteiger partial charge in [-0.1, -0.05) is 6.07 Å². The molecule has 0 spiro atoms. The molecule has 2 aromatic rings. The number of aromatic nitrogens is 1. The predicted molar refractivity (Wildman–Crippen MR) is 114 cm³/mol. The van der Waals surface area contributed by atoms with E-state index < -0.39 is 5.97 Å². The lowest BCUT2D eigenvalue weighted by molar-refractivity contribution is -0.126. The zero-order valence-corrected chi connectivity index (χ0v) is 17.9. The van der Waals surface area contributed by atoms with Crippen molar-refractivity contribution in [1.29, 1.82) is 0 Å². The van der Waals surface area contributed by atoms with Crippen LogP contribution >= 0.6 is 23.1 Å². The van der Waals surface area contributed by atoms with Crippen molar-refractivity contribution in [3.8, 4) is 0 Å². The SMILES string of the molecule is COC(=O)c1ccc(NC(=O)CSC2C(C)=C(C)C(=O)N2Cc2cccs2)nc1. The van der Waals surface area contributed by atoms with Crippen molar-refractivity contribution in [3.63, 3.8) is 0 Å². The van der Waals surface area contributed by atoms with Crippen molar-refractivity contribution in [2.24, 2.45) is 0 Å². The maximum atomic E-state index is 12.6. The van der Waals surface area contributed by atoms with E-state index in [4.69, 9.17) is 0 Å².